The molecule has 0 amide bonds. The van der Waals surface area contributed by atoms with E-state index in [4.69, 9.17) is 14.2 Å². The summed E-state index contributed by atoms with van der Waals surface area (Å²) in [5.74, 6) is -0.984. The molecule has 1 unspecified atom stereocenters. The van der Waals surface area contributed by atoms with Crippen LogP contribution in [0, 0.1) is 0 Å². The fraction of sp³-hybridized carbons (Fsp3) is 0.582. The highest BCUT2D eigenvalue weighted by Crippen LogP contribution is 2.11. The Bertz CT molecular complexity index is 1340. The molecule has 6 heteroatoms. The lowest BCUT2D eigenvalue weighted by molar-refractivity contribution is -0.167. The van der Waals surface area contributed by atoms with Crippen molar-refractivity contribution < 1.29 is 28.6 Å². The van der Waals surface area contributed by atoms with Crippen molar-refractivity contribution in [3.8, 4) is 0 Å². The molecule has 1 atom stereocenters. The van der Waals surface area contributed by atoms with Crippen LogP contribution in [0.5, 0.6) is 0 Å². The van der Waals surface area contributed by atoms with Crippen molar-refractivity contribution >= 4 is 17.9 Å². The Morgan fingerprint density at radius 2 is 0.639 bits per heavy atom. The molecule has 0 spiro atoms. The van der Waals surface area contributed by atoms with Crippen LogP contribution in [-0.2, 0) is 28.6 Å². The van der Waals surface area contributed by atoms with Crippen molar-refractivity contribution in [2.75, 3.05) is 13.2 Å². The molecule has 0 aromatic rings. The zero-order chi connectivity index (χ0) is 44.4. The van der Waals surface area contributed by atoms with Gasteiger partial charge in [0, 0.05) is 19.3 Å². The predicted octanol–water partition coefficient (Wildman–Crippen LogP) is 15.7. The second-order valence-corrected chi connectivity index (χ2v) is 15.3. The molecule has 0 saturated heterocycles. The molecular weight excluding hydrogens is 757 g/mol. The molecule has 0 heterocycles. The van der Waals surface area contributed by atoms with Gasteiger partial charge in [0.1, 0.15) is 13.2 Å². The summed E-state index contributed by atoms with van der Waals surface area (Å²) in [5.41, 5.74) is 0. The van der Waals surface area contributed by atoms with Gasteiger partial charge in [-0.25, -0.2) is 0 Å². The topological polar surface area (TPSA) is 78.9 Å². The summed E-state index contributed by atoms with van der Waals surface area (Å²) in [4.78, 5) is 37.1. The van der Waals surface area contributed by atoms with E-state index >= 15 is 0 Å². The normalized spacial score (nSPS) is 13.2. The first kappa shape index (κ1) is 56.8. The van der Waals surface area contributed by atoms with Gasteiger partial charge < -0.3 is 14.2 Å². The zero-order valence-electron chi connectivity index (χ0n) is 38.9. The SMILES string of the molecule is CC/C=C\C/C=C\C/C=C\C/C=C\C/C=C\C/C=C\C/C=C\C/C=C\C/C=C\C/C=C\CCCCC(=O)OCC(COC(=O)CCCCCCC)OC(=O)CCCCCCC. The van der Waals surface area contributed by atoms with Crippen LogP contribution in [0.3, 0.4) is 0 Å². The molecule has 0 aliphatic rings. The molecule has 0 aliphatic carbocycles. The zero-order valence-corrected chi connectivity index (χ0v) is 38.9. The summed E-state index contributed by atoms with van der Waals surface area (Å²) in [5, 5.41) is 0. The van der Waals surface area contributed by atoms with Crippen LogP contribution >= 0.6 is 0 Å². The fourth-order valence-electron chi connectivity index (χ4n) is 5.88. The lowest BCUT2D eigenvalue weighted by Gasteiger charge is -2.18. The van der Waals surface area contributed by atoms with Gasteiger partial charge in [0.15, 0.2) is 6.10 Å². The minimum Gasteiger partial charge on any atom is -0.462 e. The van der Waals surface area contributed by atoms with Gasteiger partial charge in [-0.05, 0) is 96.3 Å². The number of unbranched alkanes of at least 4 members (excludes halogenated alkanes) is 10. The minimum atomic E-state index is -0.788. The highest BCUT2D eigenvalue weighted by molar-refractivity contribution is 5.71. The Morgan fingerprint density at radius 1 is 0.344 bits per heavy atom. The van der Waals surface area contributed by atoms with Gasteiger partial charge in [-0.3, -0.25) is 14.4 Å². The van der Waals surface area contributed by atoms with E-state index in [1.54, 1.807) is 0 Å². The first-order valence-electron chi connectivity index (χ1n) is 24.0. The van der Waals surface area contributed by atoms with E-state index < -0.39 is 6.10 Å². The summed E-state index contributed by atoms with van der Waals surface area (Å²) in [6.45, 7) is 6.27. The second kappa shape index (κ2) is 48.5. The van der Waals surface area contributed by atoms with Crippen LogP contribution in [0.4, 0.5) is 0 Å². The van der Waals surface area contributed by atoms with Gasteiger partial charge in [-0.15, -0.1) is 0 Å². The number of ether oxygens (including phenoxy) is 3. The molecule has 0 aromatic heterocycles. The highest BCUT2D eigenvalue weighted by Gasteiger charge is 2.19. The van der Waals surface area contributed by atoms with E-state index in [0.29, 0.717) is 19.3 Å². The van der Waals surface area contributed by atoms with E-state index in [9.17, 15) is 14.4 Å². The van der Waals surface area contributed by atoms with Crippen molar-refractivity contribution in [3.05, 3.63) is 122 Å². The summed E-state index contributed by atoms with van der Waals surface area (Å²) < 4.78 is 16.4. The maximum absolute atomic E-state index is 12.4. The first-order chi connectivity index (χ1) is 30.0. The molecule has 0 aromatic carbocycles. The third-order valence-corrected chi connectivity index (χ3v) is 9.48. The molecular formula is C55H86O6. The number of carbonyl (C=O) groups is 3. The third-order valence-electron chi connectivity index (χ3n) is 9.48. The molecule has 0 saturated carbocycles. The van der Waals surface area contributed by atoms with Crippen LogP contribution in [0.25, 0.3) is 0 Å². The van der Waals surface area contributed by atoms with Gasteiger partial charge in [0.25, 0.3) is 0 Å². The molecule has 0 rings (SSSR count). The standard InChI is InChI=1S/C55H86O6/c1-4-7-10-13-14-15-16-17-18-19-20-21-22-23-24-25-26-27-28-29-30-31-32-33-34-35-36-37-38-39-40-43-45-48-54(57)60-51-52(61-55(58)49-46-42-12-9-6-3)50-59-53(56)47-44-41-11-8-5-2/h7,10,14-15,17-18,20-21,23-24,26-27,29-30,32-33,35-36,38-39,52H,4-6,8-9,11-13,16,19,22,25,28,31,34,37,40-51H2,1-3H3/b10-7-,15-14-,18-17-,21-20-,24-23-,27-26-,30-29-,33-32-,36-35-,39-38-. The molecule has 0 bridgehead atoms. The van der Waals surface area contributed by atoms with Gasteiger partial charge in [0.2, 0.25) is 0 Å². The summed E-state index contributed by atoms with van der Waals surface area (Å²) >= 11 is 0. The van der Waals surface area contributed by atoms with Gasteiger partial charge in [-0.2, -0.15) is 0 Å². The lowest BCUT2D eigenvalue weighted by Crippen LogP contribution is -2.30. The Hall–Kier alpha value is -4.19. The molecule has 61 heavy (non-hydrogen) atoms. The highest BCUT2D eigenvalue weighted by atomic mass is 16.6. The van der Waals surface area contributed by atoms with E-state index in [1.165, 1.54) is 0 Å². The Labute approximate surface area is 373 Å². The van der Waals surface area contributed by atoms with Gasteiger partial charge >= 0.3 is 17.9 Å². The maximum Gasteiger partial charge on any atom is 0.306 e. The van der Waals surface area contributed by atoms with Crippen molar-refractivity contribution in [1.82, 2.24) is 0 Å². The number of carbonyl (C=O) groups excluding carboxylic acids is 3. The van der Waals surface area contributed by atoms with E-state index in [-0.39, 0.29) is 31.1 Å². The van der Waals surface area contributed by atoms with Crippen LogP contribution < -0.4 is 0 Å². The number of esters is 3. The van der Waals surface area contributed by atoms with Crippen molar-refractivity contribution in [3.63, 3.8) is 0 Å². The lowest BCUT2D eigenvalue weighted by atomic mass is 10.1. The second-order valence-electron chi connectivity index (χ2n) is 15.3. The van der Waals surface area contributed by atoms with Crippen molar-refractivity contribution in [2.45, 2.75) is 194 Å². The smallest absolute Gasteiger partial charge is 0.306 e. The van der Waals surface area contributed by atoms with Crippen LogP contribution in [-0.4, -0.2) is 37.2 Å². The number of rotatable bonds is 41. The average Bonchev–Trinajstić information content (AvgIpc) is 3.26. The quantitative estimate of drug-likeness (QED) is 0.0264. The maximum atomic E-state index is 12.4. The Morgan fingerprint density at radius 3 is 0.984 bits per heavy atom. The van der Waals surface area contributed by atoms with Crippen molar-refractivity contribution in [1.29, 1.82) is 0 Å². The minimum absolute atomic E-state index is 0.0954. The fourth-order valence-corrected chi connectivity index (χ4v) is 5.88. The Kier molecular flexibility index (Phi) is 45.1. The molecule has 0 radical (unpaired) electrons. The van der Waals surface area contributed by atoms with Gasteiger partial charge in [-0.1, -0.05) is 194 Å². The van der Waals surface area contributed by atoms with Crippen LogP contribution in [0.2, 0.25) is 0 Å². The monoisotopic (exact) mass is 843 g/mol. The molecule has 0 fully saturated rings. The third kappa shape index (κ3) is 46.7. The van der Waals surface area contributed by atoms with Crippen LogP contribution in [0.1, 0.15) is 188 Å². The van der Waals surface area contributed by atoms with Gasteiger partial charge in [0.05, 0.1) is 0 Å². The first-order valence-corrected chi connectivity index (χ1v) is 24.0. The average molecular weight is 843 g/mol. The summed E-state index contributed by atoms with van der Waals surface area (Å²) in [7, 11) is 0. The summed E-state index contributed by atoms with van der Waals surface area (Å²) in [6, 6.07) is 0. The van der Waals surface area contributed by atoms with Crippen molar-refractivity contribution in [2.24, 2.45) is 0 Å². The summed E-state index contributed by atoms with van der Waals surface area (Å²) in [6.07, 6.45) is 67.0. The largest absolute Gasteiger partial charge is 0.462 e. The number of allylic oxidation sites excluding steroid dienone is 20. The molecule has 0 aliphatic heterocycles. The van der Waals surface area contributed by atoms with E-state index in [1.807, 2.05) is 0 Å². The van der Waals surface area contributed by atoms with E-state index in [2.05, 4.69) is 142 Å². The molecule has 0 N–H and O–H groups in total. The number of hydrogen-bond acceptors (Lipinski definition) is 6. The predicted molar refractivity (Wildman–Crippen MR) is 260 cm³/mol. The molecule has 6 nitrogen and oxygen atoms in total. The van der Waals surface area contributed by atoms with Crippen LogP contribution in [0.15, 0.2) is 122 Å². The van der Waals surface area contributed by atoms with E-state index in [0.717, 1.165) is 148 Å². The number of hydrogen-bond donors (Lipinski definition) is 0. The molecule has 342 valence electrons. The Balaban J connectivity index is 4.06.